The number of nitrogen functional groups attached to an aromatic ring is 1. The molecule has 3 fully saturated rings. The summed E-state index contributed by atoms with van der Waals surface area (Å²) in [5.41, 5.74) is 6.17. The van der Waals surface area contributed by atoms with Crippen LogP contribution in [0.3, 0.4) is 0 Å². The van der Waals surface area contributed by atoms with E-state index in [1.807, 2.05) is 6.92 Å². The summed E-state index contributed by atoms with van der Waals surface area (Å²) in [7, 11) is -16.3. The molecule has 13 atom stereocenters. The van der Waals surface area contributed by atoms with Crippen molar-refractivity contribution in [3.63, 3.8) is 0 Å². The lowest BCUT2D eigenvalue weighted by Gasteiger charge is -2.39. The Bertz CT molecular complexity index is 1910. The zero-order valence-electron chi connectivity index (χ0n) is 27.2. The number of aromatic nitrogens is 4. The van der Waals surface area contributed by atoms with Gasteiger partial charge in [-0.25, -0.2) is 28.6 Å². The number of nitrogens with two attached hydrogens (primary N) is 1. The quantitative estimate of drug-likeness (QED) is 0.0946. The van der Waals surface area contributed by atoms with Gasteiger partial charge in [0.15, 0.2) is 23.9 Å². The van der Waals surface area contributed by atoms with Gasteiger partial charge in [0, 0.05) is 29.8 Å². The standard InChI is InChI=1S/C25H36N7O18P3/c1-2-10-11-3-4-31(5-12(11)23(37)30-22(10)36)24-17(34)16(33)13(47-24)6-45-52(41,42)49-19-14(7-46-53(43,44)50-51(38,39)40)48-25(18(19)35)32-9-29-15-20(26)27-8-28-21(15)32/h3-5,8-11,13-14,16-19,22,24-25,33-36H,2,6-7H2,1H3,(H,30,37)(H,41,42)(H,43,44)(H2,26,27,28)(H2,38,39,40)/t10?,11-,13+,14+,16+,17+,18+,19+,22?,24+,25+/m0/s1. The number of ether oxygens (including phenoxy) is 2. The summed E-state index contributed by atoms with van der Waals surface area (Å²) < 4.78 is 67.6. The first-order valence-corrected chi connectivity index (χ1v) is 20.2. The lowest BCUT2D eigenvalue weighted by atomic mass is 9.78. The average molecular weight is 816 g/mol. The molecule has 6 rings (SSSR count). The van der Waals surface area contributed by atoms with Crippen LogP contribution in [-0.4, -0.2) is 133 Å². The van der Waals surface area contributed by atoms with Gasteiger partial charge in [-0.05, 0) is 6.42 Å². The van der Waals surface area contributed by atoms with E-state index in [1.54, 1.807) is 6.08 Å². The fourth-order valence-electron chi connectivity index (χ4n) is 6.39. The van der Waals surface area contributed by atoms with Crippen molar-refractivity contribution in [1.82, 2.24) is 29.7 Å². The number of aliphatic hydroxyl groups excluding tert-OH is 4. The number of allylic oxidation sites excluding steroid dienone is 1. The highest BCUT2D eigenvalue weighted by Crippen LogP contribution is 2.58. The molecular formula is C25H36N7O18P3. The number of rotatable bonds is 13. The summed E-state index contributed by atoms with van der Waals surface area (Å²) in [6.45, 7) is -0.164. The van der Waals surface area contributed by atoms with Crippen LogP contribution >= 0.6 is 23.5 Å². The average Bonchev–Trinajstić information content (AvgIpc) is 3.72. The molecule has 1 amide bonds. The number of phosphoric acid groups is 3. The Morgan fingerprint density at radius 2 is 1.60 bits per heavy atom. The van der Waals surface area contributed by atoms with Crippen molar-refractivity contribution in [1.29, 1.82) is 0 Å². The van der Waals surface area contributed by atoms with Gasteiger partial charge in [0.2, 0.25) is 0 Å². The van der Waals surface area contributed by atoms with Crippen LogP contribution < -0.4 is 11.1 Å². The van der Waals surface area contributed by atoms with Crippen molar-refractivity contribution in [2.75, 3.05) is 18.9 Å². The van der Waals surface area contributed by atoms with Crippen molar-refractivity contribution in [3.05, 3.63) is 36.7 Å². The molecule has 28 heteroatoms. The second-order valence-corrected chi connectivity index (χ2v) is 16.5. The van der Waals surface area contributed by atoms with Crippen molar-refractivity contribution in [2.24, 2.45) is 11.8 Å². The minimum absolute atomic E-state index is 0.0186. The van der Waals surface area contributed by atoms with Crippen molar-refractivity contribution in [3.8, 4) is 0 Å². The third-order valence-corrected chi connectivity index (χ3v) is 12.0. The maximum atomic E-state index is 13.2. The van der Waals surface area contributed by atoms with E-state index >= 15 is 0 Å². The molecule has 4 unspecified atom stereocenters. The third kappa shape index (κ3) is 8.42. The van der Waals surface area contributed by atoms with Crippen molar-refractivity contribution >= 4 is 46.4 Å². The Labute approximate surface area is 298 Å². The zero-order valence-corrected chi connectivity index (χ0v) is 29.9. The van der Waals surface area contributed by atoms with E-state index in [9.17, 15) is 48.7 Å². The lowest BCUT2D eigenvalue weighted by molar-refractivity contribution is -0.126. The van der Waals surface area contributed by atoms with E-state index in [4.69, 9.17) is 34.0 Å². The van der Waals surface area contributed by atoms with Gasteiger partial charge in [-0.2, -0.15) is 4.31 Å². The van der Waals surface area contributed by atoms with Gasteiger partial charge in [0.05, 0.1) is 19.5 Å². The van der Waals surface area contributed by atoms with Gasteiger partial charge >= 0.3 is 23.5 Å². The van der Waals surface area contributed by atoms with Crippen LogP contribution in [0.4, 0.5) is 5.82 Å². The summed E-state index contributed by atoms with van der Waals surface area (Å²) in [4.78, 5) is 64.1. The third-order valence-electron chi connectivity index (χ3n) is 8.86. The normalized spacial score (nSPS) is 35.5. The number of hydrogen-bond donors (Lipinski definition) is 10. The number of nitrogens with one attached hydrogen (secondary N) is 1. The van der Waals surface area contributed by atoms with Crippen LogP contribution in [0.2, 0.25) is 0 Å². The van der Waals surface area contributed by atoms with Gasteiger partial charge in [-0.1, -0.05) is 13.0 Å². The van der Waals surface area contributed by atoms with Crippen molar-refractivity contribution in [2.45, 2.75) is 68.7 Å². The van der Waals surface area contributed by atoms with Crippen LogP contribution in [0, 0.1) is 11.8 Å². The monoisotopic (exact) mass is 815 g/mol. The minimum atomic E-state index is -5.54. The highest BCUT2D eigenvalue weighted by atomic mass is 31.3. The minimum Gasteiger partial charge on any atom is -0.387 e. The first-order chi connectivity index (χ1) is 24.8. The number of hydrogen-bond acceptors (Lipinski definition) is 19. The summed E-state index contributed by atoms with van der Waals surface area (Å²) in [6, 6.07) is 0. The summed E-state index contributed by atoms with van der Waals surface area (Å²) in [6.07, 6.45) is -7.08. The molecule has 0 spiro atoms. The Morgan fingerprint density at radius 1 is 0.925 bits per heavy atom. The second kappa shape index (κ2) is 15.0. The molecule has 0 aliphatic carbocycles. The van der Waals surface area contributed by atoms with E-state index in [-0.39, 0.29) is 28.5 Å². The van der Waals surface area contributed by atoms with Gasteiger partial charge in [-0.3, -0.25) is 22.9 Å². The zero-order chi connectivity index (χ0) is 38.6. The van der Waals surface area contributed by atoms with Crippen LogP contribution in [0.5, 0.6) is 0 Å². The van der Waals surface area contributed by atoms with Crippen molar-refractivity contribution < 1.29 is 85.8 Å². The molecular weight excluding hydrogens is 779 g/mol. The maximum Gasteiger partial charge on any atom is 0.481 e. The predicted octanol–water partition coefficient (Wildman–Crippen LogP) is -2.35. The number of nitrogens with zero attached hydrogens (tertiary/aromatic N) is 5. The molecule has 0 saturated carbocycles. The Hall–Kier alpha value is -2.77. The van der Waals surface area contributed by atoms with Crippen LogP contribution in [-0.2, 0) is 45.8 Å². The molecule has 25 nitrogen and oxygen atoms in total. The van der Waals surface area contributed by atoms with Crippen LogP contribution in [0.1, 0.15) is 19.6 Å². The summed E-state index contributed by atoms with van der Waals surface area (Å²) >= 11 is 0. The number of aliphatic hydroxyl groups is 4. The topological polar surface area (TPSA) is 370 Å². The number of amides is 1. The highest BCUT2D eigenvalue weighted by molar-refractivity contribution is 7.60. The predicted molar refractivity (Wildman–Crippen MR) is 170 cm³/mol. The Balaban J connectivity index is 1.15. The molecule has 0 bridgehead atoms. The van der Waals surface area contributed by atoms with Gasteiger partial charge < -0.3 is 65.4 Å². The molecule has 6 heterocycles. The molecule has 4 aliphatic rings. The fourth-order valence-corrected chi connectivity index (χ4v) is 8.95. The number of carbonyl (C=O) groups is 1. The first-order valence-electron chi connectivity index (χ1n) is 15.6. The molecule has 2 aromatic rings. The molecule has 11 N–H and O–H groups in total. The largest absolute Gasteiger partial charge is 0.481 e. The van der Waals surface area contributed by atoms with Gasteiger partial charge in [-0.15, -0.1) is 0 Å². The highest BCUT2D eigenvalue weighted by Gasteiger charge is 2.52. The smallest absolute Gasteiger partial charge is 0.387 e. The number of piperidine rings is 1. The molecule has 4 aliphatic heterocycles. The van der Waals surface area contributed by atoms with E-state index in [1.165, 1.54) is 17.3 Å². The number of anilines is 1. The van der Waals surface area contributed by atoms with E-state index < -0.39 is 104 Å². The number of imidazole rings is 1. The molecule has 0 radical (unpaired) electrons. The lowest BCUT2D eigenvalue weighted by Crippen LogP contribution is -2.52. The first kappa shape index (κ1) is 39.9. The van der Waals surface area contributed by atoms with Crippen LogP contribution in [0.15, 0.2) is 36.7 Å². The van der Waals surface area contributed by atoms with Gasteiger partial charge in [0.25, 0.3) is 5.91 Å². The molecule has 3 saturated heterocycles. The van der Waals surface area contributed by atoms with E-state index in [0.717, 1.165) is 17.2 Å². The van der Waals surface area contributed by atoms with Crippen LogP contribution in [0.25, 0.3) is 11.2 Å². The Morgan fingerprint density at radius 3 is 2.30 bits per heavy atom. The maximum absolute atomic E-state index is 13.2. The number of phosphoric ester groups is 2. The fraction of sp³-hybridized carbons (Fsp3) is 0.600. The van der Waals surface area contributed by atoms with E-state index in [2.05, 4.69) is 29.1 Å². The summed E-state index contributed by atoms with van der Waals surface area (Å²) in [5.74, 6) is -1.36. The van der Waals surface area contributed by atoms with E-state index in [0.29, 0.717) is 6.42 Å². The SMILES string of the molecule is CCC1C(O)NC(=O)C2=CN([C@@H]3O[C@H](COP(=O)(O)O[C@H]4[C@@H](O)[C@H](n5cnc6c(N)ncnc65)O[C@@H]4COP(=O)(O)OP(=O)(O)O)[C@@H](O)[C@H]3O)C=C[C@H]21. The number of carbonyl (C=O) groups excluding carboxylic acids is 1. The Kier molecular flexibility index (Phi) is 11.3. The van der Waals surface area contributed by atoms with Gasteiger partial charge in [0.1, 0.15) is 54.7 Å². The number of fused-ring (bicyclic) bond motifs is 2. The molecule has 294 valence electrons. The molecule has 2 aromatic heterocycles. The molecule has 53 heavy (non-hydrogen) atoms. The second-order valence-electron chi connectivity index (χ2n) is 12.2. The molecule has 0 aromatic carbocycles. The summed E-state index contributed by atoms with van der Waals surface area (Å²) in [5, 5.41) is 45.4.